The van der Waals surface area contributed by atoms with E-state index in [1.165, 1.54) is 25.0 Å². The van der Waals surface area contributed by atoms with E-state index in [9.17, 15) is 8.78 Å². The minimum atomic E-state index is -2.81. The normalized spacial score (nSPS) is 34.3. The van der Waals surface area contributed by atoms with Gasteiger partial charge in [0, 0.05) is 11.6 Å². The maximum absolute atomic E-state index is 14.4. The van der Waals surface area contributed by atoms with Crippen LogP contribution in [0.3, 0.4) is 0 Å². The molecule has 1 aromatic carbocycles. The fourth-order valence-corrected chi connectivity index (χ4v) is 4.83. The Morgan fingerprint density at radius 2 is 1.86 bits per heavy atom. The number of rotatable bonds is 4. The van der Waals surface area contributed by atoms with Gasteiger partial charge in [-0.3, -0.25) is 0 Å². The molecular weight excluding hydrogens is 268 g/mol. The molecule has 0 aromatic heterocycles. The van der Waals surface area contributed by atoms with Crippen molar-refractivity contribution in [3.63, 3.8) is 0 Å². The zero-order valence-corrected chi connectivity index (χ0v) is 13.1. The molecule has 1 N–H and O–H groups in total. The molecule has 2 aliphatic rings. The molecule has 2 bridgehead atoms. The second-order valence-corrected chi connectivity index (χ2v) is 7.80. The third-order valence-corrected chi connectivity index (χ3v) is 5.99. The van der Waals surface area contributed by atoms with Crippen molar-refractivity contribution in [1.29, 1.82) is 0 Å². The monoisotopic (exact) mass is 293 g/mol. The van der Waals surface area contributed by atoms with Crippen LogP contribution in [-0.4, -0.2) is 12.6 Å². The van der Waals surface area contributed by atoms with Crippen molar-refractivity contribution in [1.82, 2.24) is 5.32 Å². The lowest BCUT2D eigenvalue weighted by Gasteiger charge is -2.43. The zero-order chi connectivity index (χ0) is 15.3. The van der Waals surface area contributed by atoms with Crippen molar-refractivity contribution >= 4 is 0 Å². The molecule has 2 fully saturated rings. The van der Waals surface area contributed by atoms with Crippen LogP contribution < -0.4 is 5.32 Å². The van der Waals surface area contributed by atoms with Crippen molar-refractivity contribution in [2.45, 2.75) is 52.0 Å². The third kappa shape index (κ3) is 2.40. The first-order valence-electron chi connectivity index (χ1n) is 7.92. The number of hydrogen-bond donors (Lipinski definition) is 1. The molecule has 21 heavy (non-hydrogen) atoms. The van der Waals surface area contributed by atoms with E-state index in [0.29, 0.717) is 5.92 Å². The lowest BCUT2D eigenvalue weighted by molar-refractivity contribution is -0.0180. The van der Waals surface area contributed by atoms with E-state index in [4.69, 9.17) is 0 Å². The summed E-state index contributed by atoms with van der Waals surface area (Å²) >= 11 is 0. The van der Waals surface area contributed by atoms with Crippen LogP contribution in [0.5, 0.6) is 0 Å². The van der Waals surface area contributed by atoms with Crippen LogP contribution in [0.15, 0.2) is 30.3 Å². The summed E-state index contributed by atoms with van der Waals surface area (Å²) in [5.74, 6) is -2.14. The first kappa shape index (κ1) is 15.0. The highest BCUT2D eigenvalue weighted by molar-refractivity contribution is 5.21. The molecule has 0 spiro atoms. The zero-order valence-electron chi connectivity index (χ0n) is 13.1. The molecule has 1 aromatic rings. The van der Waals surface area contributed by atoms with Gasteiger partial charge in [0.2, 0.25) is 0 Å². The summed E-state index contributed by atoms with van der Waals surface area (Å²) in [7, 11) is 0. The molecule has 3 heteroatoms. The fraction of sp³-hybridized carbons (Fsp3) is 0.667. The van der Waals surface area contributed by atoms with Gasteiger partial charge in [-0.25, -0.2) is 0 Å². The SMILES string of the molecule is CC12CCC(C1)C(C)(C)C2NCC(F)(F)c1ccccc1. The average Bonchev–Trinajstić information content (AvgIpc) is 2.90. The maximum Gasteiger partial charge on any atom is 0.285 e. The van der Waals surface area contributed by atoms with Crippen LogP contribution in [0.2, 0.25) is 0 Å². The Labute approximate surface area is 126 Å². The van der Waals surface area contributed by atoms with Crippen LogP contribution in [0.25, 0.3) is 0 Å². The van der Waals surface area contributed by atoms with E-state index in [1.54, 1.807) is 18.2 Å². The Bertz CT molecular complexity index is 506. The van der Waals surface area contributed by atoms with E-state index in [-0.39, 0.29) is 29.0 Å². The molecule has 2 saturated carbocycles. The second kappa shape index (κ2) is 4.77. The van der Waals surface area contributed by atoms with E-state index in [1.807, 2.05) is 0 Å². The fourth-order valence-electron chi connectivity index (χ4n) is 4.83. The largest absolute Gasteiger partial charge is 0.307 e. The molecule has 2 aliphatic carbocycles. The van der Waals surface area contributed by atoms with Gasteiger partial charge in [0.25, 0.3) is 5.92 Å². The van der Waals surface area contributed by atoms with Gasteiger partial charge in [-0.15, -0.1) is 0 Å². The molecule has 3 rings (SSSR count). The van der Waals surface area contributed by atoms with Crippen molar-refractivity contribution in [2.75, 3.05) is 6.54 Å². The van der Waals surface area contributed by atoms with Gasteiger partial charge in [-0.2, -0.15) is 8.78 Å². The summed E-state index contributed by atoms with van der Waals surface area (Å²) in [5.41, 5.74) is 0.393. The van der Waals surface area contributed by atoms with Crippen LogP contribution in [-0.2, 0) is 5.92 Å². The average molecular weight is 293 g/mol. The summed E-state index contributed by atoms with van der Waals surface area (Å²) in [6.07, 6.45) is 3.58. The van der Waals surface area contributed by atoms with Crippen molar-refractivity contribution in [3.05, 3.63) is 35.9 Å². The van der Waals surface area contributed by atoms with Crippen molar-refractivity contribution in [3.8, 4) is 0 Å². The predicted molar refractivity (Wildman–Crippen MR) is 81.4 cm³/mol. The highest BCUT2D eigenvalue weighted by atomic mass is 19.3. The van der Waals surface area contributed by atoms with Crippen molar-refractivity contribution < 1.29 is 8.78 Å². The van der Waals surface area contributed by atoms with Gasteiger partial charge in [0.05, 0.1) is 6.54 Å². The van der Waals surface area contributed by atoms with Gasteiger partial charge in [0.15, 0.2) is 0 Å². The molecule has 1 nitrogen and oxygen atoms in total. The van der Waals surface area contributed by atoms with Crippen LogP contribution in [0.1, 0.15) is 45.6 Å². The number of halogens is 2. The molecule has 0 saturated heterocycles. The Hall–Kier alpha value is -0.960. The van der Waals surface area contributed by atoms with Crippen molar-refractivity contribution in [2.24, 2.45) is 16.7 Å². The van der Waals surface area contributed by atoms with Gasteiger partial charge in [-0.05, 0) is 36.0 Å². The first-order chi connectivity index (χ1) is 9.76. The van der Waals surface area contributed by atoms with E-state index >= 15 is 0 Å². The molecule has 3 atom stereocenters. The van der Waals surface area contributed by atoms with Gasteiger partial charge >= 0.3 is 0 Å². The van der Waals surface area contributed by atoms with Gasteiger partial charge < -0.3 is 5.32 Å². The molecule has 116 valence electrons. The topological polar surface area (TPSA) is 12.0 Å². The summed E-state index contributed by atoms with van der Waals surface area (Å²) in [6.45, 7) is 6.47. The summed E-state index contributed by atoms with van der Waals surface area (Å²) in [4.78, 5) is 0. The van der Waals surface area contributed by atoms with Crippen LogP contribution >= 0.6 is 0 Å². The number of fused-ring (bicyclic) bond motifs is 2. The Kier molecular flexibility index (Phi) is 3.40. The van der Waals surface area contributed by atoms with E-state index in [0.717, 1.165) is 6.42 Å². The quantitative estimate of drug-likeness (QED) is 0.856. The maximum atomic E-state index is 14.4. The number of nitrogens with one attached hydrogen (secondary N) is 1. The third-order valence-electron chi connectivity index (χ3n) is 5.99. The standard InChI is InChI=1S/C18H25F2N/c1-16(2)14-9-10-17(3,11-14)15(16)21-12-18(19,20)13-7-5-4-6-8-13/h4-8,14-15,21H,9-12H2,1-3H3. The van der Waals surface area contributed by atoms with Crippen LogP contribution in [0, 0.1) is 16.7 Å². The number of alkyl halides is 2. The number of benzene rings is 1. The molecule has 0 amide bonds. The Morgan fingerprint density at radius 3 is 2.43 bits per heavy atom. The van der Waals surface area contributed by atoms with Crippen LogP contribution in [0.4, 0.5) is 8.78 Å². The lowest BCUT2D eigenvalue weighted by atomic mass is 9.68. The van der Waals surface area contributed by atoms with E-state index < -0.39 is 5.92 Å². The summed E-state index contributed by atoms with van der Waals surface area (Å²) < 4.78 is 28.7. The minimum absolute atomic E-state index is 0.101. The molecule has 3 unspecified atom stereocenters. The highest BCUT2D eigenvalue weighted by Crippen LogP contribution is 2.62. The molecule has 0 radical (unpaired) electrons. The molecule has 0 heterocycles. The smallest absolute Gasteiger partial charge is 0.285 e. The van der Waals surface area contributed by atoms with Gasteiger partial charge in [-0.1, -0.05) is 51.1 Å². The highest BCUT2D eigenvalue weighted by Gasteiger charge is 2.59. The first-order valence-corrected chi connectivity index (χ1v) is 7.92. The summed E-state index contributed by atoms with van der Waals surface area (Å²) in [6, 6.07) is 8.31. The lowest BCUT2D eigenvalue weighted by Crippen LogP contribution is -2.52. The number of hydrogen-bond acceptors (Lipinski definition) is 1. The Morgan fingerprint density at radius 1 is 1.19 bits per heavy atom. The minimum Gasteiger partial charge on any atom is -0.307 e. The predicted octanol–water partition coefficient (Wildman–Crippen LogP) is 4.58. The molecular formula is C18H25F2N. The molecule has 0 aliphatic heterocycles. The van der Waals surface area contributed by atoms with Gasteiger partial charge in [0.1, 0.15) is 0 Å². The Balaban J connectivity index is 1.73. The second-order valence-electron chi connectivity index (χ2n) is 7.80. The summed E-state index contributed by atoms with van der Waals surface area (Å²) in [5, 5.41) is 3.23. The van der Waals surface area contributed by atoms with E-state index in [2.05, 4.69) is 26.1 Å².